The highest BCUT2D eigenvalue weighted by Crippen LogP contribution is 2.17. The maximum Gasteiger partial charge on any atom is -0.0184 e. The molecule has 2 aromatic rings. The molecule has 0 atom stereocenters. The van der Waals surface area contributed by atoms with E-state index in [1.165, 1.54) is 11.1 Å². The molecule has 0 aliphatic carbocycles. The van der Waals surface area contributed by atoms with Gasteiger partial charge in [-0.25, -0.2) is 0 Å². The molecule has 0 amide bonds. The predicted octanol–water partition coefficient (Wildman–Crippen LogP) is 4.31. The summed E-state index contributed by atoms with van der Waals surface area (Å²) in [6, 6.07) is 20.8. The molecule has 2 aromatic carbocycles. The molecule has 0 nitrogen and oxygen atoms in total. The van der Waals surface area contributed by atoms with Crippen LogP contribution in [0.15, 0.2) is 79.6 Å². The molecule has 0 spiro atoms. The molecule has 0 saturated carbocycles. The number of hydrogen-bond acceptors (Lipinski definition) is 0. The molecule has 2 rings (SSSR count). The maximum atomic E-state index is 3.12. The summed E-state index contributed by atoms with van der Waals surface area (Å²) in [4.78, 5) is 0. The standard InChI is InChI=1S/C12H10.C3H4/c1-3-7-11(8-4-1)12-9-5-2-6-10-12;1-3-2/h1-10H;1-2H2. The Labute approximate surface area is 91.2 Å². The SMILES string of the molecule is C=C=C.c1ccc(-c2ccccc2)cc1. The van der Waals surface area contributed by atoms with Crippen molar-refractivity contribution in [2.75, 3.05) is 0 Å². The second kappa shape index (κ2) is 6.42. The first kappa shape index (κ1) is 11.0. The van der Waals surface area contributed by atoms with Crippen LogP contribution in [0.3, 0.4) is 0 Å². The van der Waals surface area contributed by atoms with Crippen molar-refractivity contribution in [3.05, 3.63) is 79.6 Å². The van der Waals surface area contributed by atoms with Gasteiger partial charge in [-0.2, -0.15) is 0 Å². The lowest BCUT2D eigenvalue weighted by atomic mass is 10.1. The van der Waals surface area contributed by atoms with Crippen LogP contribution in [0.4, 0.5) is 0 Å². The average Bonchev–Trinajstić information content (AvgIpc) is 2.32. The van der Waals surface area contributed by atoms with E-state index in [1.54, 1.807) is 0 Å². The summed E-state index contributed by atoms with van der Waals surface area (Å²) < 4.78 is 0. The highest BCUT2D eigenvalue weighted by atomic mass is 14.0. The maximum absolute atomic E-state index is 3.12. The Kier molecular flexibility index (Phi) is 4.72. The normalized spacial score (nSPS) is 8.27. The molecule has 0 bridgehead atoms. The third kappa shape index (κ3) is 3.68. The lowest BCUT2D eigenvalue weighted by molar-refractivity contribution is 1.62. The minimum atomic E-state index is 1.28. The molecule has 0 saturated heterocycles. The summed E-state index contributed by atoms with van der Waals surface area (Å²) in [6.07, 6.45) is 0. The van der Waals surface area contributed by atoms with E-state index in [9.17, 15) is 0 Å². The molecule has 74 valence electrons. The van der Waals surface area contributed by atoms with Gasteiger partial charge in [-0.15, -0.1) is 5.73 Å². The first-order valence-corrected chi connectivity index (χ1v) is 4.78. The van der Waals surface area contributed by atoms with Gasteiger partial charge in [-0.1, -0.05) is 73.8 Å². The zero-order valence-electron chi connectivity index (χ0n) is 8.69. The zero-order chi connectivity index (χ0) is 10.9. The molecule has 0 fully saturated rings. The fourth-order valence-corrected chi connectivity index (χ4v) is 1.26. The minimum absolute atomic E-state index is 1.28. The smallest absolute Gasteiger partial charge is 0.0184 e. The van der Waals surface area contributed by atoms with Crippen LogP contribution in [0.5, 0.6) is 0 Å². The first-order valence-electron chi connectivity index (χ1n) is 4.78. The van der Waals surface area contributed by atoms with Gasteiger partial charge in [-0.05, 0) is 11.1 Å². The molecule has 0 aliphatic rings. The number of hydrogen-bond donors (Lipinski definition) is 0. The van der Waals surface area contributed by atoms with Crippen molar-refractivity contribution in [1.29, 1.82) is 0 Å². The van der Waals surface area contributed by atoms with E-state index in [0.29, 0.717) is 0 Å². The van der Waals surface area contributed by atoms with E-state index < -0.39 is 0 Å². The zero-order valence-corrected chi connectivity index (χ0v) is 8.69. The Morgan fingerprint density at radius 3 is 1.13 bits per heavy atom. The topological polar surface area (TPSA) is 0 Å². The van der Waals surface area contributed by atoms with Gasteiger partial charge < -0.3 is 0 Å². The highest BCUT2D eigenvalue weighted by Gasteiger charge is 1.91. The molecule has 0 unspecified atom stereocenters. The molecule has 15 heavy (non-hydrogen) atoms. The average molecular weight is 194 g/mol. The molecule has 0 N–H and O–H groups in total. The molecule has 0 aliphatic heterocycles. The second-order valence-electron chi connectivity index (χ2n) is 2.98. The Morgan fingerprint density at radius 2 is 0.867 bits per heavy atom. The second-order valence-corrected chi connectivity index (χ2v) is 2.98. The minimum Gasteiger partial charge on any atom is -0.137 e. The van der Waals surface area contributed by atoms with Gasteiger partial charge >= 0.3 is 0 Å². The largest absolute Gasteiger partial charge is 0.137 e. The van der Waals surface area contributed by atoms with Gasteiger partial charge in [0.05, 0.1) is 0 Å². The third-order valence-corrected chi connectivity index (χ3v) is 1.88. The highest BCUT2D eigenvalue weighted by molar-refractivity contribution is 5.62. The van der Waals surface area contributed by atoms with Crippen molar-refractivity contribution in [2.45, 2.75) is 0 Å². The summed E-state index contributed by atoms with van der Waals surface area (Å²) in [5.41, 5.74) is 4.80. The van der Waals surface area contributed by atoms with Crippen LogP contribution in [0.1, 0.15) is 0 Å². The van der Waals surface area contributed by atoms with E-state index in [-0.39, 0.29) is 0 Å². The molecule has 0 radical (unpaired) electrons. The van der Waals surface area contributed by atoms with Crippen LogP contribution in [0.25, 0.3) is 11.1 Å². The van der Waals surface area contributed by atoms with Gasteiger partial charge in [0.1, 0.15) is 0 Å². The van der Waals surface area contributed by atoms with Gasteiger partial charge in [0.2, 0.25) is 0 Å². The first-order chi connectivity index (χ1) is 7.38. The van der Waals surface area contributed by atoms with E-state index in [4.69, 9.17) is 0 Å². The lowest BCUT2D eigenvalue weighted by Crippen LogP contribution is -1.73. The summed E-state index contributed by atoms with van der Waals surface area (Å²) in [5.74, 6) is 0. The third-order valence-electron chi connectivity index (χ3n) is 1.88. The van der Waals surface area contributed by atoms with Gasteiger partial charge in [0.25, 0.3) is 0 Å². The predicted molar refractivity (Wildman–Crippen MR) is 66.6 cm³/mol. The van der Waals surface area contributed by atoms with E-state index in [1.807, 2.05) is 12.1 Å². The Morgan fingerprint density at radius 1 is 0.600 bits per heavy atom. The van der Waals surface area contributed by atoms with Crippen LogP contribution in [-0.4, -0.2) is 0 Å². The van der Waals surface area contributed by atoms with Crippen LogP contribution >= 0.6 is 0 Å². The molecule has 0 heteroatoms. The van der Waals surface area contributed by atoms with Crippen molar-refractivity contribution in [2.24, 2.45) is 0 Å². The summed E-state index contributed by atoms with van der Waals surface area (Å²) in [6.45, 7) is 6.25. The molecule has 0 heterocycles. The lowest BCUT2D eigenvalue weighted by Gasteiger charge is -1.98. The monoisotopic (exact) mass is 194 g/mol. The van der Waals surface area contributed by atoms with Gasteiger partial charge in [0.15, 0.2) is 0 Å². The quantitative estimate of drug-likeness (QED) is 0.593. The molecule has 0 aromatic heterocycles. The number of rotatable bonds is 1. The van der Waals surface area contributed by atoms with Crippen LogP contribution < -0.4 is 0 Å². The Hall–Kier alpha value is -2.04. The fourth-order valence-electron chi connectivity index (χ4n) is 1.26. The van der Waals surface area contributed by atoms with Crippen molar-refractivity contribution < 1.29 is 0 Å². The van der Waals surface area contributed by atoms with Crippen LogP contribution in [-0.2, 0) is 0 Å². The van der Waals surface area contributed by atoms with E-state index in [2.05, 4.69) is 67.4 Å². The van der Waals surface area contributed by atoms with Gasteiger partial charge in [0, 0.05) is 0 Å². The summed E-state index contributed by atoms with van der Waals surface area (Å²) in [7, 11) is 0. The van der Waals surface area contributed by atoms with E-state index >= 15 is 0 Å². The number of benzene rings is 2. The van der Waals surface area contributed by atoms with E-state index in [0.717, 1.165) is 0 Å². The van der Waals surface area contributed by atoms with Crippen LogP contribution in [0, 0.1) is 0 Å². The van der Waals surface area contributed by atoms with Crippen molar-refractivity contribution in [1.82, 2.24) is 0 Å². The van der Waals surface area contributed by atoms with Crippen LogP contribution in [0.2, 0.25) is 0 Å². The summed E-state index contributed by atoms with van der Waals surface area (Å²) in [5, 5.41) is 0. The Bertz CT molecular complexity index is 369. The molecular weight excluding hydrogens is 180 g/mol. The van der Waals surface area contributed by atoms with Crippen molar-refractivity contribution >= 4 is 0 Å². The Balaban J connectivity index is 0.000000337. The van der Waals surface area contributed by atoms with Crippen molar-refractivity contribution in [3.63, 3.8) is 0 Å². The fraction of sp³-hybridized carbons (Fsp3) is 0. The van der Waals surface area contributed by atoms with Crippen molar-refractivity contribution in [3.8, 4) is 11.1 Å². The van der Waals surface area contributed by atoms with Gasteiger partial charge in [-0.3, -0.25) is 0 Å². The molecular formula is C15H14. The summed E-state index contributed by atoms with van der Waals surface area (Å²) >= 11 is 0.